The highest BCUT2D eigenvalue weighted by atomic mass is 35.5. The molecule has 0 saturated heterocycles. The van der Waals surface area contributed by atoms with Gasteiger partial charge in [0.2, 0.25) is 11.1 Å². The van der Waals surface area contributed by atoms with Gasteiger partial charge in [-0.3, -0.25) is 5.32 Å². The molecule has 3 aromatic rings. The average Bonchev–Trinajstić information content (AvgIpc) is 3.32. The molecular weight excluding hydrogens is 436 g/mol. The van der Waals surface area contributed by atoms with Crippen LogP contribution in [0.5, 0.6) is 0 Å². The summed E-state index contributed by atoms with van der Waals surface area (Å²) in [6, 6.07) is 16.2. The van der Waals surface area contributed by atoms with Crippen LogP contribution in [0.1, 0.15) is 34.0 Å². The Labute approximate surface area is 189 Å². The third-order valence-corrected chi connectivity index (χ3v) is 6.67. The van der Waals surface area contributed by atoms with E-state index in [-0.39, 0.29) is 5.37 Å². The number of aryl methyl sites for hydroxylation is 2. The van der Waals surface area contributed by atoms with E-state index in [0.717, 1.165) is 21.2 Å². The molecular formula is C21H21ClN6S2. The molecule has 0 amide bonds. The topological polar surface area (TPSA) is 65.8 Å². The maximum atomic E-state index is 6.34. The standard InChI is InChI=1S/C21H21ClN6S2/c1-13-8-10-16(11-9-13)19-28(27-15(3)29-19)20(24-21-26-25-14(2)30-21)23-12-17-6-4-5-7-18(17)22/h4-11,19H,12H2,1-3H3,(H,23,24,26). The molecule has 2 aromatic carbocycles. The summed E-state index contributed by atoms with van der Waals surface area (Å²) in [4.78, 5) is 4.83. The lowest BCUT2D eigenvalue weighted by Gasteiger charge is -2.24. The predicted molar refractivity (Wildman–Crippen MR) is 127 cm³/mol. The number of guanidine groups is 1. The quantitative estimate of drug-likeness (QED) is 0.393. The van der Waals surface area contributed by atoms with Crippen molar-refractivity contribution in [2.75, 3.05) is 5.32 Å². The molecule has 0 saturated carbocycles. The summed E-state index contributed by atoms with van der Waals surface area (Å²) in [6.45, 7) is 6.44. The minimum atomic E-state index is -0.0166. The van der Waals surface area contributed by atoms with Crippen LogP contribution in [0.15, 0.2) is 58.6 Å². The summed E-state index contributed by atoms with van der Waals surface area (Å²) in [5.41, 5.74) is 3.33. The van der Waals surface area contributed by atoms with E-state index in [4.69, 9.17) is 21.7 Å². The lowest BCUT2D eigenvalue weighted by Crippen LogP contribution is -2.32. The molecule has 0 radical (unpaired) electrons. The van der Waals surface area contributed by atoms with Crippen LogP contribution in [-0.4, -0.2) is 26.2 Å². The number of benzene rings is 2. The Balaban J connectivity index is 1.68. The minimum Gasteiger partial charge on any atom is -0.299 e. The van der Waals surface area contributed by atoms with Gasteiger partial charge in [-0.25, -0.2) is 10.0 Å². The monoisotopic (exact) mass is 456 g/mol. The molecule has 1 unspecified atom stereocenters. The van der Waals surface area contributed by atoms with Crippen LogP contribution in [0.3, 0.4) is 0 Å². The molecule has 154 valence electrons. The Morgan fingerprint density at radius 1 is 1.10 bits per heavy atom. The van der Waals surface area contributed by atoms with Crippen molar-refractivity contribution in [1.82, 2.24) is 15.2 Å². The molecule has 1 aromatic heterocycles. The number of hydrogen-bond donors (Lipinski definition) is 1. The molecule has 30 heavy (non-hydrogen) atoms. The molecule has 9 heteroatoms. The van der Waals surface area contributed by atoms with Crippen molar-refractivity contribution in [2.24, 2.45) is 10.1 Å². The van der Waals surface area contributed by atoms with Crippen LogP contribution < -0.4 is 5.32 Å². The number of nitrogens with zero attached hydrogens (tertiary/aromatic N) is 5. The van der Waals surface area contributed by atoms with Crippen molar-refractivity contribution in [2.45, 2.75) is 32.7 Å². The summed E-state index contributed by atoms with van der Waals surface area (Å²) < 4.78 is 0. The van der Waals surface area contributed by atoms with Gasteiger partial charge >= 0.3 is 0 Å². The number of nitrogens with one attached hydrogen (secondary N) is 1. The van der Waals surface area contributed by atoms with Crippen molar-refractivity contribution in [3.8, 4) is 0 Å². The van der Waals surface area contributed by atoms with Gasteiger partial charge in [0.05, 0.1) is 11.6 Å². The summed E-state index contributed by atoms with van der Waals surface area (Å²) >= 11 is 9.51. The molecule has 0 fully saturated rings. The van der Waals surface area contributed by atoms with Gasteiger partial charge in [0.25, 0.3) is 0 Å². The lowest BCUT2D eigenvalue weighted by molar-refractivity contribution is 0.435. The van der Waals surface area contributed by atoms with Gasteiger partial charge in [-0.2, -0.15) is 5.10 Å². The van der Waals surface area contributed by atoms with Crippen molar-refractivity contribution in [3.05, 3.63) is 75.3 Å². The van der Waals surface area contributed by atoms with Crippen LogP contribution in [0.2, 0.25) is 5.02 Å². The van der Waals surface area contributed by atoms with Crippen LogP contribution >= 0.6 is 34.7 Å². The first-order valence-electron chi connectivity index (χ1n) is 9.42. The van der Waals surface area contributed by atoms with Gasteiger partial charge in [0.15, 0.2) is 0 Å². The highest BCUT2D eigenvalue weighted by Gasteiger charge is 2.31. The number of thioether (sulfide) groups is 1. The average molecular weight is 457 g/mol. The lowest BCUT2D eigenvalue weighted by atomic mass is 10.1. The molecule has 0 aliphatic carbocycles. The fourth-order valence-electron chi connectivity index (χ4n) is 2.94. The number of aliphatic imine (C=N–C) groups is 1. The molecule has 1 aliphatic heterocycles. The third-order valence-electron chi connectivity index (χ3n) is 4.43. The normalized spacial score (nSPS) is 16.7. The molecule has 0 spiro atoms. The van der Waals surface area contributed by atoms with Crippen LogP contribution in [0.4, 0.5) is 5.13 Å². The Hall–Kier alpha value is -2.42. The van der Waals surface area contributed by atoms with Gasteiger partial charge in [-0.05, 0) is 38.0 Å². The molecule has 4 rings (SSSR count). The highest BCUT2D eigenvalue weighted by Crippen LogP contribution is 2.39. The SMILES string of the molecule is CC1=NN(C(=NCc2ccccc2Cl)Nc2nnc(C)s2)C(c2ccc(C)cc2)S1. The maximum absolute atomic E-state index is 6.34. The Morgan fingerprint density at radius 3 is 2.57 bits per heavy atom. The number of hydrogen-bond acceptors (Lipinski definition) is 6. The number of halogens is 1. The number of hydrazone groups is 1. The van der Waals surface area contributed by atoms with Crippen molar-refractivity contribution in [3.63, 3.8) is 0 Å². The molecule has 1 atom stereocenters. The van der Waals surface area contributed by atoms with Crippen LogP contribution in [-0.2, 0) is 6.54 Å². The van der Waals surface area contributed by atoms with E-state index in [1.165, 1.54) is 16.9 Å². The van der Waals surface area contributed by atoms with Gasteiger partial charge in [0, 0.05) is 5.02 Å². The number of rotatable bonds is 4. The molecule has 2 heterocycles. The van der Waals surface area contributed by atoms with E-state index in [0.29, 0.717) is 22.7 Å². The first kappa shape index (κ1) is 20.8. The maximum Gasteiger partial charge on any atom is 0.222 e. The van der Waals surface area contributed by atoms with Gasteiger partial charge in [-0.15, -0.1) is 10.2 Å². The summed E-state index contributed by atoms with van der Waals surface area (Å²) in [5.74, 6) is 0.612. The van der Waals surface area contributed by atoms with E-state index in [2.05, 4.69) is 46.7 Å². The second-order valence-corrected chi connectivity index (χ2v) is 9.69. The summed E-state index contributed by atoms with van der Waals surface area (Å²) in [5, 5.41) is 21.5. The van der Waals surface area contributed by atoms with E-state index in [1.807, 2.05) is 43.1 Å². The van der Waals surface area contributed by atoms with E-state index < -0.39 is 0 Å². The first-order chi connectivity index (χ1) is 14.5. The van der Waals surface area contributed by atoms with Crippen molar-refractivity contribution >= 4 is 50.8 Å². The van der Waals surface area contributed by atoms with Gasteiger partial charge in [0.1, 0.15) is 10.4 Å². The fourth-order valence-corrected chi connectivity index (χ4v) is 4.72. The largest absolute Gasteiger partial charge is 0.299 e. The zero-order valence-electron chi connectivity index (χ0n) is 16.8. The van der Waals surface area contributed by atoms with Crippen LogP contribution in [0.25, 0.3) is 0 Å². The third kappa shape index (κ3) is 4.83. The number of aromatic nitrogens is 2. The van der Waals surface area contributed by atoms with E-state index >= 15 is 0 Å². The second-order valence-electron chi connectivity index (χ2n) is 6.83. The number of anilines is 1. The fraction of sp³-hybridized carbons (Fsp3) is 0.238. The first-order valence-corrected chi connectivity index (χ1v) is 11.5. The van der Waals surface area contributed by atoms with Crippen molar-refractivity contribution < 1.29 is 0 Å². The van der Waals surface area contributed by atoms with E-state index in [9.17, 15) is 0 Å². The van der Waals surface area contributed by atoms with E-state index in [1.54, 1.807) is 11.8 Å². The molecule has 6 nitrogen and oxygen atoms in total. The Bertz CT molecular complexity index is 1090. The predicted octanol–water partition coefficient (Wildman–Crippen LogP) is 5.86. The highest BCUT2D eigenvalue weighted by molar-refractivity contribution is 8.14. The van der Waals surface area contributed by atoms with Crippen LogP contribution in [0, 0.1) is 13.8 Å². The molecule has 1 aliphatic rings. The summed E-state index contributed by atoms with van der Waals surface area (Å²) in [6.07, 6.45) is 0. The Morgan fingerprint density at radius 2 is 1.87 bits per heavy atom. The summed E-state index contributed by atoms with van der Waals surface area (Å²) in [7, 11) is 0. The van der Waals surface area contributed by atoms with Gasteiger partial charge < -0.3 is 0 Å². The van der Waals surface area contributed by atoms with Gasteiger partial charge in [-0.1, -0.05) is 82.7 Å². The minimum absolute atomic E-state index is 0.0166. The second kappa shape index (κ2) is 9.16. The van der Waals surface area contributed by atoms with Crippen molar-refractivity contribution in [1.29, 1.82) is 0 Å². The smallest absolute Gasteiger partial charge is 0.222 e. The zero-order chi connectivity index (χ0) is 21.1. The molecule has 1 N–H and O–H groups in total. The molecule has 0 bridgehead atoms. The zero-order valence-corrected chi connectivity index (χ0v) is 19.2. The Kier molecular flexibility index (Phi) is 6.36.